The van der Waals surface area contributed by atoms with Crippen molar-refractivity contribution in [2.75, 3.05) is 16.7 Å². The number of nitrogens with zero attached hydrogens (tertiary/aromatic N) is 2. The summed E-state index contributed by atoms with van der Waals surface area (Å²) in [7, 11) is -2.64. The molecule has 3 aromatic rings. The fourth-order valence-corrected chi connectivity index (χ4v) is 5.07. The smallest absolute Gasteiger partial charge is 0.264 e. The third-order valence-electron chi connectivity index (χ3n) is 4.77. The van der Waals surface area contributed by atoms with Crippen molar-refractivity contribution in [3.8, 4) is 0 Å². The number of carbonyl (C=O) groups is 1. The van der Waals surface area contributed by atoms with E-state index in [1.165, 1.54) is 60.8 Å². The normalized spacial score (nSPS) is 13.8. The van der Waals surface area contributed by atoms with Crippen LogP contribution in [0.2, 0.25) is 5.02 Å². The number of thiazole rings is 1. The lowest BCUT2D eigenvalue weighted by atomic mass is 10.2. The topological polar surface area (TPSA) is 79.4 Å². The van der Waals surface area contributed by atoms with Crippen LogP contribution in [0.4, 0.5) is 15.2 Å². The third kappa shape index (κ3) is 4.19. The molecule has 1 heterocycles. The summed E-state index contributed by atoms with van der Waals surface area (Å²) in [5.74, 6) is -0.550. The summed E-state index contributed by atoms with van der Waals surface area (Å²) in [6.45, 7) is 0. The van der Waals surface area contributed by atoms with Gasteiger partial charge in [0.15, 0.2) is 5.13 Å². The molecule has 0 aliphatic heterocycles. The van der Waals surface area contributed by atoms with E-state index in [9.17, 15) is 17.6 Å². The van der Waals surface area contributed by atoms with Gasteiger partial charge in [-0.25, -0.2) is 17.8 Å². The molecular formula is C20H17ClFN3O3S2. The number of carbonyl (C=O) groups excluding carboxylic acids is 1. The largest absolute Gasteiger partial charge is 0.298 e. The second-order valence-electron chi connectivity index (χ2n) is 6.90. The van der Waals surface area contributed by atoms with Gasteiger partial charge in [0, 0.05) is 18.3 Å². The van der Waals surface area contributed by atoms with Crippen LogP contribution in [0, 0.1) is 5.82 Å². The molecule has 1 aromatic heterocycles. The number of amides is 1. The minimum absolute atomic E-state index is 0.0217. The van der Waals surface area contributed by atoms with E-state index in [-0.39, 0.29) is 21.2 Å². The lowest BCUT2D eigenvalue weighted by Crippen LogP contribution is -2.27. The van der Waals surface area contributed by atoms with Gasteiger partial charge in [0.1, 0.15) is 5.82 Å². The fourth-order valence-electron chi connectivity index (χ4n) is 2.86. The van der Waals surface area contributed by atoms with Crippen molar-refractivity contribution in [1.29, 1.82) is 0 Å². The highest BCUT2D eigenvalue weighted by Crippen LogP contribution is 2.41. The number of hydrogen-bond donors (Lipinski definition) is 1. The van der Waals surface area contributed by atoms with Crippen LogP contribution in [0.25, 0.3) is 0 Å². The van der Waals surface area contributed by atoms with Gasteiger partial charge in [-0.2, -0.15) is 0 Å². The van der Waals surface area contributed by atoms with Crippen LogP contribution in [-0.2, 0) is 10.0 Å². The second kappa shape index (κ2) is 7.98. The van der Waals surface area contributed by atoms with Crippen molar-refractivity contribution in [3.63, 3.8) is 0 Å². The van der Waals surface area contributed by atoms with Gasteiger partial charge in [-0.05, 0) is 55.3 Å². The zero-order valence-corrected chi connectivity index (χ0v) is 18.2. The van der Waals surface area contributed by atoms with E-state index in [0.29, 0.717) is 11.0 Å². The minimum Gasteiger partial charge on any atom is -0.298 e. The molecule has 0 spiro atoms. The van der Waals surface area contributed by atoms with Crippen molar-refractivity contribution in [1.82, 2.24) is 4.98 Å². The molecule has 4 rings (SSSR count). The molecule has 10 heteroatoms. The number of aromatic nitrogens is 1. The van der Waals surface area contributed by atoms with Crippen molar-refractivity contribution in [3.05, 3.63) is 69.9 Å². The molecule has 2 aromatic carbocycles. The van der Waals surface area contributed by atoms with Crippen LogP contribution in [0.1, 0.15) is 34.8 Å². The Morgan fingerprint density at radius 3 is 2.60 bits per heavy atom. The Bertz CT molecular complexity index is 1210. The summed E-state index contributed by atoms with van der Waals surface area (Å²) in [6, 6.07) is 8.97. The van der Waals surface area contributed by atoms with Crippen molar-refractivity contribution in [2.45, 2.75) is 23.7 Å². The van der Waals surface area contributed by atoms with Gasteiger partial charge < -0.3 is 0 Å². The molecule has 0 saturated heterocycles. The molecule has 1 N–H and O–H groups in total. The van der Waals surface area contributed by atoms with Crippen LogP contribution in [0.3, 0.4) is 0 Å². The summed E-state index contributed by atoms with van der Waals surface area (Å²) in [5, 5.41) is 5.15. The average Bonchev–Trinajstić information content (AvgIpc) is 3.47. The summed E-state index contributed by atoms with van der Waals surface area (Å²) in [4.78, 5) is 17.0. The molecule has 6 nitrogen and oxygen atoms in total. The first-order valence-electron chi connectivity index (χ1n) is 9.06. The van der Waals surface area contributed by atoms with E-state index >= 15 is 0 Å². The standard InChI is InChI=1S/C20H17ClFN3O3S2/c1-25(14-6-4-13(22)5-7-14)30(27,28)15-8-9-17(21)16(10-15)19(26)24-20-23-18(11-29-20)12-2-3-12/h4-12H,2-3H2,1H3,(H,23,24,26). The monoisotopic (exact) mass is 465 g/mol. The van der Waals surface area contributed by atoms with Crippen LogP contribution in [0.5, 0.6) is 0 Å². The fraction of sp³-hybridized carbons (Fsp3) is 0.200. The molecule has 0 unspecified atom stereocenters. The van der Waals surface area contributed by atoms with Crippen LogP contribution >= 0.6 is 22.9 Å². The van der Waals surface area contributed by atoms with Gasteiger partial charge >= 0.3 is 0 Å². The first kappa shape index (κ1) is 20.8. The van der Waals surface area contributed by atoms with Gasteiger partial charge in [0.05, 0.1) is 26.9 Å². The van der Waals surface area contributed by atoms with Gasteiger partial charge in [-0.1, -0.05) is 11.6 Å². The van der Waals surface area contributed by atoms with E-state index in [0.717, 1.165) is 22.8 Å². The van der Waals surface area contributed by atoms with Gasteiger partial charge in [0.2, 0.25) is 0 Å². The number of halogens is 2. The molecule has 30 heavy (non-hydrogen) atoms. The molecule has 1 aliphatic carbocycles. The number of benzene rings is 2. The van der Waals surface area contributed by atoms with Crippen molar-refractivity contribution < 1.29 is 17.6 Å². The molecule has 1 aliphatic rings. The van der Waals surface area contributed by atoms with E-state index in [1.54, 1.807) is 0 Å². The maximum absolute atomic E-state index is 13.2. The van der Waals surface area contributed by atoms with Crippen LogP contribution in [0.15, 0.2) is 52.7 Å². The lowest BCUT2D eigenvalue weighted by molar-refractivity contribution is 0.102. The zero-order chi connectivity index (χ0) is 21.5. The minimum atomic E-state index is -3.99. The Morgan fingerprint density at radius 1 is 1.23 bits per heavy atom. The van der Waals surface area contributed by atoms with Crippen molar-refractivity contribution in [2.24, 2.45) is 0 Å². The zero-order valence-electron chi connectivity index (χ0n) is 15.8. The number of nitrogens with one attached hydrogen (secondary N) is 1. The maximum Gasteiger partial charge on any atom is 0.264 e. The first-order valence-corrected chi connectivity index (χ1v) is 11.8. The van der Waals surface area contributed by atoms with E-state index in [4.69, 9.17) is 11.6 Å². The van der Waals surface area contributed by atoms with Crippen LogP contribution < -0.4 is 9.62 Å². The number of hydrogen-bond acceptors (Lipinski definition) is 5. The predicted octanol–water partition coefficient (Wildman–Crippen LogP) is 4.89. The first-order chi connectivity index (χ1) is 14.3. The Labute approximate surface area is 182 Å². The summed E-state index contributed by atoms with van der Waals surface area (Å²) >= 11 is 7.48. The molecule has 156 valence electrons. The molecule has 1 saturated carbocycles. The number of anilines is 2. The summed E-state index contributed by atoms with van der Waals surface area (Å²) in [6.07, 6.45) is 2.20. The Morgan fingerprint density at radius 2 is 1.93 bits per heavy atom. The maximum atomic E-state index is 13.2. The Hall–Kier alpha value is -2.49. The summed E-state index contributed by atoms with van der Waals surface area (Å²) < 4.78 is 40.2. The van der Waals surface area contributed by atoms with Crippen molar-refractivity contribution >= 4 is 49.7 Å². The Kier molecular flexibility index (Phi) is 5.52. The third-order valence-corrected chi connectivity index (χ3v) is 7.66. The molecule has 0 radical (unpaired) electrons. The molecule has 1 amide bonds. The quantitative estimate of drug-likeness (QED) is 0.562. The molecule has 1 fully saturated rings. The van der Waals surface area contributed by atoms with E-state index < -0.39 is 21.7 Å². The number of rotatable bonds is 6. The Balaban J connectivity index is 1.59. The molecule has 0 bridgehead atoms. The van der Waals surface area contributed by atoms with E-state index in [2.05, 4.69) is 10.3 Å². The SMILES string of the molecule is CN(c1ccc(F)cc1)S(=O)(=O)c1ccc(Cl)c(C(=O)Nc2nc(C3CC3)cs2)c1. The average molecular weight is 466 g/mol. The van der Waals surface area contributed by atoms with Gasteiger partial charge in [-0.3, -0.25) is 14.4 Å². The van der Waals surface area contributed by atoms with E-state index in [1.807, 2.05) is 5.38 Å². The molecule has 0 atom stereocenters. The highest BCUT2D eigenvalue weighted by molar-refractivity contribution is 7.92. The summed E-state index contributed by atoms with van der Waals surface area (Å²) in [5.41, 5.74) is 1.26. The highest BCUT2D eigenvalue weighted by atomic mass is 35.5. The second-order valence-corrected chi connectivity index (χ2v) is 10.1. The number of sulfonamides is 1. The van der Waals surface area contributed by atoms with Crippen LogP contribution in [-0.4, -0.2) is 26.4 Å². The highest BCUT2D eigenvalue weighted by Gasteiger charge is 2.27. The predicted molar refractivity (Wildman–Crippen MR) is 115 cm³/mol. The molecular weight excluding hydrogens is 449 g/mol. The van der Waals surface area contributed by atoms with Gasteiger partial charge in [0.25, 0.3) is 15.9 Å². The van der Waals surface area contributed by atoms with Gasteiger partial charge in [-0.15, -0.1) is 11.3 Å². The lowest BCUT2D eigenvalue weighted by Gasteiger charge is -2.20.